The van der Waals surface area contributed by atoms with Crippen molar-refractivity contribution in [2.45, 2.75) is 51.4 Å². The maximum atomic E-state index is 6.72. The summed E-state index contributed by atoms with van der Waals surface area (Å²) in [5.74, 6) is 0. The smallest absolute Gasteiger partial charge is 0.0440 e. The highest BCUT2D eigenvalue weighted by atomic mass is 35.5. The molecule has 5 aromatic carbocycles. The summed E-state index contributed by atoms with van der Waals surface area (Å²) in [4.78, 5) is 0. The summed E-state index contributed by atoms with van der Waals surface area (Å²) in [5.41, 5.74) is 9.46. The third-order valence-corrected chi connectivity index (χ3v) is 9.59. The summed E-state index contributed by atoms with van der Waals surface area (Å²) < 4.78 is 0. The van der Waals surface area contributed by atoms with Gasteiger partial charge >= 0.3 is 0 Å². The lowest BCUT2D eigenvalue weighted by atomic mass is 9.98. The molecule has 0 nitrogen and oxygen atoms in total. The molecule has 0 radical (unpaired) electrons. The molecule has 0 spiro atoms. The van der Waals surface area contributed by atoms with Crippen LogP contribution in [-0.2, 0) is 51.4 Å². The molecule has 43 heavy (non-hydrogen) atoms. The van der Waals surface area contributed by atoms with Crippen LogP contribution in [0.5, 0.6) is 0 Å². The topological polar surface area (TPSA) is 0 Å². The zero-order valence-electron chi connectivity index (χ0n) is 23.9. The van der Waals surface area contributed by atoms with Crippen LogP contribution in [0.4, 0.5) is 0 Å². The summed E-state index contributed by atoms with van der Waals surface area (Å²) >= 11 is 32.5. The van der Waals surface area contributed by atoms with Crippen molar-refractivity contribution in [1.82, 2.24) is 0 Å². The van der Waals surface area contributed by atoms with Crippen molar-refractivity contribution in [3.05, 3.63) is 173 Å². The molecule has 0 aliphatic heterocycles. The number of hydrogen-bond acceptors (Lipinski definition) is 0. The zero-order chi connectivity index (χ0) is 30.2. The molecule has 0 aliphatic rings. The lowest BCUT2D eigenvalue weighted by molar-refractivity contribution is 0.929. The number of benzene rings is 5. The van der Waals surface area contributed by atoms with Gasteiger partial charge in [0.15, 0.2) is 0 Å². The van der Waals surface area contributed by atoms with Gasteiger partial charge in [-0.3, -0.25) is 0 Å². The van der Waals surface area contributed by atoms with Gasteiger partial charge in [0.25, 0.3) is 0 Å². The third-order valence-electron chi connectivity index (χ3n) is 7.93. The number of aryl methyl sites for hydroxylation is 8. The van der Waals surface area contributed by atoms with E-state index in [0.29, 0.717) is 0 Å². The summed E-state index contributed by atoms with van der Waals surface area (Å²) in [6.07, 6.45) is 7.07. The van der Waals surface area contributed by atoms with Crippen LogP contribution in [0.3, 0.4) is 0 Å². The number of halogens is 5. The molecule has 0 atom stereocenters. The lowest BCUT2D eigenvalue weighted by Crippen LogP contribution is -1.98. The monoisotopic (exact) mass is 664 g/mol. The minimum absolute atomic E-state index is 0.765. The summed E-state index contributed by atoms with van der Waals surface area (Å²) in [7, 11) is 0. The highest BCUT2D eigenvalue weighted by Crippen LogP contribution is 2.26. The van der Waals surface area contributed by atoms with E-state index in [9.17, 15) is 0 Å². The summed E-state index contributed by atoms with van der Waals surface area (Å²) in [6, 6.07) is 35.2. The minimum Gasteiger partial charge on any atom is -0.0843 e. The van der Waals surface area contributed by atoms with Gasteiger partial charge in [0.2, 0.25) is 0 Å². The van der Waals surface area contributed by atoms with Crippen molar-refractivity contribution in [3.63, 3.8) is 0 Å². The van der Waals surface area contributed by atoms with E-state index < -0.39 is 0 Å². The normalized spacial score (nSPS) is 11.2. The van der Waals surface area contributed by atoms with Crippen molar-refractivity contribution in [1.29, 1.82) is 0 Å². The van der Waals surface area contributed by atoms with E-state index in [-0.39, 0.29) is 0 Å². The van der Waals surface area contributed by atoms with Crippen LogP contribution in [0.15, 0.2) is 103 Å². The van der Waals surface area contributed by atoms with Gasteiger partial charge in [-0.15, -0.1) is 0 Å². The Hall–Kier alpha value is -2.45. The van der Waals surface area contributed by atoms with E-state index in [1.807, 2.05) is 36.4 Å². The second-order valence-electron chi connectivity index (χ2n) is 11.0. The lowest BCUT2D eigenvalue weighted by Gasteiger charge is -2.11. The molecule has 0 bridgehead atoms. The molecule has 0 aromatic heterocycles. The number of hydrogen-bond donors (Lipinski definition) is 0. The standard InChI is InChI=1S/C38H33Cl5/c39-34-6-3-4-26(22-34)8-16-31-17-11-28(24-36(31)41)12-20-33-21-14-29(25-38(33)43)13-19-32-18-10-27(23-37(32)42)9-15-30-5-1-2-7-35(30)40/h1-7,10-11,14,17-18,21-25H,8-9,12-13,15-16,19-20H2. The van der Waals surface area contributed by atoms with Crippen LogP contribution < -0.4 is 0 Å². The second-order valence-corrected chi connectivity index (χ2v) is 13.1. The molecule has 0 saturated heterocycles. The van der Waals surface area contributed by atoms with Crippen molar-refractivity contribution >= 4 is 58.0 Å². The highest BCUT2D eigenvalue weighted by molar-refractivity contribution is 6.32. The first-order valence-electron chi connectivity index (χ1n) is 14.6. The molecule has 0 fully saturated rings. The Morgan fingerprint density at radius 3 is 1.09 bits per heavy atom. The fraction of sp³-hybridized carbons (Fsp3) is 0.211. The first-order valence-corrected chi connectivity index (χ1v) is 16.5. The molecule has 5 aromatic rings. The highest BCUT2D eigenvalue weighted by Gasteiger charge is 2.09. The first-order chi connectivity index (χ1) is 20.8. The van der Waals surface area contributed by atoms with Gasteiger partial charge in [-0.05, 0) is 132 Å². The van der Waals surface area contributed by atoms with E-state index in [1.165, 1.54) is 22.3 Å². The maximum Gasteiger partial charge on any atom is 0.0440 e. The van der Waals surface area contributed by atoms with Crippen LogP contribution in [0.2, 0.25) is 25.1 Å². The Morgan fingerprint density at radius 1 is 0.302 bits per heavy atom. The van der Waals surface area contributed by atoms with Gasteiger partial charge in [-0.1, -0.05) is 125 Å². The van der Waals surface area contributed by atoms with Gasteiger partial charge in [-0.25, -0.2) is 0 Å². The summed E-state index contributed by atoms with van der Waals surface area (Å²) in [6.45, 7) is 0. The Balaban J connectivity index is 1.11. The molecular weight excluding hydrogens is 634 g/mol. The van der Waals surface area contributed by atoms with E-state index in [4.69, 9.17) is 58.0 Å². The van der Waals surface area contributed by atoms with Crippen LogP contribution in [0.25, 0.3) is 0 Å². The molecule has 0 aliphatic carbocycles. The van der Waals surface area contributed by atoms with Crippen molar-refractivity contribution in [2.24, 2.45) is 0 Å². The van der Waals surface area contributed by atoms with Crippen LogP contribution >= 0.6 is 58.0 Å². The Morgan fingerprint density at radius 2 is 0.698 bits per heavy atom. The fourth-order valence-corrected chi connectivity index (χ4v) is 6.69. The van der Waals surface area contributed by atoms with E-state index in [2.05, 4.69) is 66.7 Å². The summed E-state index contributed by atoms with van der Waals surface area (Å²) in [5, 5.41) is 4.01. The first kappa shape index (κ1) is 32.0. The van der Waals surface area contributed by atoms with Crippen LogP contribution in [-0.4, -0.2) is 0 Å². The van der Waals surface area contributed by atoms with Crippen LogP contribution in [0.1, 0.15) is 44.5 Å². The quantitative estimate of drug-likeness (QED) is 0.124. The SMILES string of the molecule is Clc1cccc(CCc2ccc(CCc3ccc(CCc4ccc(CCc5ccccc5Cl)cc4Cl)cc3Cl)cc2Cl)c1. The molecule has 0 amide bonds. The van der Waals surface area contributed by atoms with Gasteiger partial charge in [-0.2, -0.15) is 0 Å². The van der Waals surface area contributed by atoms with Crippen molar-refractivity contribution in [2.75, 3.05) is 0 Å². The van der Waals surface area contributed by atoms with E-state index >= 15 is 0 Å². The fourth-order valence-electron chi connectivity index (χ4n) is 5.36. The molecule has 5 heteroatoms. The van der Waals surface area contributed by atoms with Gasteiger partial charge < -0.3 is 0 Å². The maximum absolute atomic E-state index is 6.72. The number of rotatable bonds is 12. The molecule has 0 unspecified atom stereocenters. The average molecular weight is 667 g/mol. The van der Waals surface area contributed by atoms with Crippen LogP contribution in [0, 0.1) is 0 Å². The Bertz CT molecular complexity index is 1690. The predicted octanol–water partition coefficient (Wildman–Crippen LogP) is 12.1. The molecule has 5 rings (SSSR count). The molecule has 0 heterocycles. The molecule has 0 saturated carbocycles. The third kappa shape index (κ3) is 9.27. The largest absolute Gasteiger partial charge is 0.0843 e. The minimum atomic E-state index is 0.765. The Labute approximate surface area is 280 Å². The average Bonchev–Trinajstić information content (AvgIpc) is 2.99. The molecule has 220 valence electrons. The van der Waals surface area contributed by atoms with Crippen molar-refractivity contribution in [3.8, 4) is 0 Å². The second kappa shape index (κ2) is 15.5. The van der Waals surface area contributed by atoms with E-state index in [1.54, 1.807) is 0 Å². The predicted molar refractivity (Wildman–Crippen MR) is 187 cm³/mol. The van der Waals surface area contributed by atoms with Crippen molar-refractivity contribution < 1.29 is 0 Å². The Kier molecular flexibility index (Phi) is 11.5. The molecule has 0 N–H and O–H groups in total. The molecular formula is C38H33Cl5. The van der Waals surface area contributed by atoms with Gasteiger partial charge in [0.05, 0.1) is 0 Å². The zero-order valence-corrected chi connectivity index (χ0v) is 27.6. The van der Waals surface area contributed by atoms with Gasteiger partial charge in [0, 0.05) is 25.1 Å². The van der Waals surface area contributed by atoms with E-state index in [0.717, 1.165) is 98.7 Å². The van der Waals surface area contributed by atoms with Gasteiger partial charge in [0.1, 0.15) is 0 Å².